The molecule has 2 rings (SSSR count). The number of piperazine rings is 1. The Kier molecular flexibility index (Phi) is 5.75. The molecule has 0 bridgehead atoms. The summed E-state index contributed by atoms with van der Waals surface area (Å²) in [5.41, 5.74) is 1.01. The summed E-state index contributed by atoms with van der Waals surface area (Å²) < 4.78 is 25.1. The van der Waals surface area contributed by atoms with Crippen molar-refractivity contribution in [3.8, 4) is 0 Å². The molecule has 2 heterocycles. The van der Waals surface area contributed by atoms with E-state index in [9.17, 15) is 8.42 Å². The van der Waals surface area contributed by atoms with Crippen LogP contribution >= 0.6 is 11.3 Å². The molecule has 1 aliphatic rings. The molecule has 21 heavy (non-hydrogen) atoms. The van der Waals surface area contributed by atoms with Crippen molar-refractivity contribution in [1.29, 1.82) is 0 Å². The first-order valence-corrected chi connectivity index (χ1v) is 9.50. The van der Waals surface area contributed by atoms with E-state index in [1.54, 1.807) is 11.1 Å². The summed E-state index contributed by atoms with van der Waals surface area (Å²) in [5.74, 6) is 0. The smallest absolute Gasteiger partial charge is 0.262 e. The molecule has 120 valence electrons. The average Bonchev–Trinajstić information content (AvgIpc) is 2.88. The number of nitrogens with zero attached hydrogens (tertiary/aromatic N) is 2. The van der Waals surface area contributed by atoms with E-state index in [2.05, 4.69) is 28.9 Å². The summed E-state index contributed by atoms with van der Waals surface area (Å²) in [5, 5.41) is 6.96. The van der Waals surface area contributed by atoms with Gasteiger partial charge in [0.05, 0.1) is 0 Å². The van der Waals surface area contributed by atoms with E-state index in [0.29, 0.717) is 29.9 Å². The van der Waals surface area contributed by atoms with Crippen molar-refractivity contribution in [1.82, 2.24) is 20.1 Å². The predicted molar refractivity (Wildman–Crippen MR) is 85.7 cm³/mol. The zero-order chi connectivity index (χ0) is 15.5. The molecule has 0 unspecified atom stereocenters. The zero-order valence-corrected chi connectivity index (χ0v) is 14.4. The number of hydrogen-bond acceptors (Lipinski definition) is 6. The molecule has 1 aliphatic heterocycles. The van der Waals surface area contributed by atoms with Crippen molar-refractivity contribution in [3.05, 3.63) is 17.0 Å². The Hall–Kier alpha value is -0.510. The lowest BCUT2D eigenvalue weighted by atomic mass is 10.3. The molecule has 1 aromatic heterocycles. The van der Waals surface area contributed by atoms with E-state index >= 15 is 0 Å². The van der Waals surface area contributed by atoms with E-state index < -0.39 is 10.0 Å². The molecule has 8 heteroatoms. The van der Waals surface area contributed by atoms with Crippen LogP contribution in [0.4, 0.5) is 0 Å². The van der Waals surface area contributed by atoms with Crippen LogP contribution in [0.5, 0.6) is 0 Å². The molecule has 1 saturated heterocycles. The van der Waals surface area contributed by atoms with Gasteiger partial charge >= 0.3 is 0 Å². The number of sulfonamides is 1. The lowest BCUT2D eigenvalue weighted by molar-refractivity contribution is 0.135. The Bertz CT molecular complexity index is 548. The standard InChI is InChI=1S/C13H24N4O2S2/c1-11(2)14-9-12-8-13(20-10-12)21(18,19)15-17-6-4-16(3)5-7-17/h8,10-11,14-15H,4-7,9H2,1-3H3. The molecular formula is C13H24N4O2S2. The summed E-state index contributed by atoms with van der Waals surface area (Å²) in [4.78, 5) is 4.87. The van der Waals surface area contributed by atoms with Gasteiger partial charge in [0, 0.05) is 38.8 Å². The number of likely N-dealkylation sites (N-methyl/N-ethyl adjacent to an activating group) is 1. The Morgan fingerprint density at radius 1 is 1.29 bits per heavy atom. The minimum absolute atomic E-state index is 0.377. The third kappa shape index (κ3) is 5.01. The molecule has 0 amide bonds. The first-order valence-electron chi connectivity index (χ1n) is 7.13. The second-order valence-electron chi connectivity index (χ2n) is 5.69. The molecule has 1 fully saturated rings. The Balaban J connectivity index is 1.96. The molecule has 0 saturated carbocycles. The molecule has 1 aromatic rings. The Morgan fingerprint density at radius 2 is 1.95 bits per heavy atom. The van der Waals surface area contributed by atoms with E-state index in [0.717, 1.165) is 18.7 Å². The molecule has 0 spiro atoms. The number of nitrogens with one attached hydrogen (secondary N) is 2. The van der Waals surface area contributed by atoms with Gasteiger partial charge in [-0.25, -0.2) is 13.4 Å². The first kappa shape index (κ1) is 16.9. The van der Waals surface area contributed by atoms with Crippen molar-refractivity contribution in [2.45, 2.75) is 30.6 Å². The van der Waals surface area contributed by atoms with Crippen LogP contribution < -0.4 is 10.1 Å². The van der Waals surface area contributed by atoms with Crippen molar-refractivity contribution in [3.63, 3.8) is 0 Å². The first-order chi connectivity index (χ1) is 9.87. The fourth-order valence-corrected chi connectivity index (χ4v) is 4.34. The van der Waals surface area contributed by atoms with Gasteiger partial charge < -0.3 is 10.2 Å². The number of thiophene rings is 1. The maximum absolute atomic E-state index is 12.4. The summed E-state index contributed by atoms with van der Waals surface area (Å²) in [6.45, 7) is 7.99. The lowest BCUT2D eigenvalue weighted by Crippen LogP contribution is -2.52. The SMILES string of the molecule is CC(C)NCc1csc(S(=O)(=O)NN2CCN(C)CC2)c1. The number of hydrogen-bond donors (Lipinski definition) is 2. The van der Waals surface area contributed by atoms with Crippen LogP contribution in [0.25, 0.3) is 0 Å². The van der Waals surface area contributed by atoms with Gasteiger partial charge in [0.2, 0.25) is 0 Å². The van der Waals surface area contributed by atoms with Gasteiger partial charge in [-0.1, -0.05) is 13.8 Å². The highest BCUT2D eigenvalue weighted by molar-refractivity contribution is 7.91. The van der Waals surface area contributed by atoms with Crippen LogP contribution in [0.1, 0.15) is 19.4 Å². The molecule has 2 N–H and O–H groups in total. The topological polar surface area (TPSA) is 64.7 Å². The second-order valence-corrected chi connectivity index (χ2v) is 8.49. The summed E-state index contributed by atoms with van der Waals surface area (Å²) >= 11 is 1.27. The highest BCUT2D eigenvalue weighted by Gasteiger charge is 2.22. The van der Waals surface area contributed by atoms with E-state index in [1.165, 1.54) is 11.3 Å². The largest absolute Gasteiger partial charge is 0.310 e. The van der Waals surface area contributed by atoms with E-state index in [-0.39, 0.29) is 0 Å². The van der Waals surface area contributed by atoms with Crippen molar-refractivity contribution in [2.75, 3.05) is 33.2 Å². The van der Waals surface area contributed by atoms with Crippen LogP contribution in [0.15, 0.2) is 15.7 Å². The van der Waals surface area contributed by atoms with Crippen molar-refractivity contribution < 1.29 is 8.42 Å². The van der Waals surface area contributed by atoms with Gasteiger partial charge in [-0.05, 0) is 24.1 Å². The highest BCUT2D eigenvalue weighted by atomic mass is 32.2. The van der Waals surface area contributed by atoms with E-state index in [1.807, 2.05) is 12.4 Å². The molecular weight excluding hydrogens is 308 g/mol. The van der Waals surface area contributed by atoms with E-state index in [4.69, 9.17) is 0 Å². The fraction of sp³-hybridized carbons (Fsp3) is 0.692. The average molecular weight is 332 g/mol. The normalized spacial score (nSPS) is 18.5. The molecule has 0 aliphatic carbocycles. The van der Waals surface area contributed by atoms with Crippen LogP contribution in [0, 0.1) is 0 Å². The Labute approximate surface area is 131 Å². The minimum Gasteiger partial charge on any atom is -0.310 e. The highest BCUT2D eigenvalue weighted by Crippen LogP contribution is 2.20. The third-order valence-electron chi connectivity index (χ3n) is 3.36. The van der Waals surface area contributed by atoms with Gasteiger partial charge in [0.25, 0.3) is 10.0 Å². The summed E-state index contributed by atoms with van der Waals surface area (Å²) in [6, 6.07) is 2.13. The number of rotatable bonds is 6. The van der Waals surface area contributed by atoms with Gasteiger partial charge in [-0.3, -0.25) is 0 Å². The van der Waals surface area contributed by atoms with Crippen LogP contribution in [0.3, 0.4) is 0 Å². The van der Waals surface area contributed by atoms with Crippen molar-refractivity contribution >= 4 is 21.4 Å². The second kappa shape index (κ2) is 7.17. The lowest BCUT2D eigenvalue weighted by Gasteiger charge is -2.31. The minimum atomic E-state index is -3.45. The molecule has 6 nitrogen and oxygen atoms in total. The van der Waals surface area contributed by atoms with Gasteiger partial charge in [0.1, 0.15) is 4.21 Å². The zero-order valence-electron chi connectivity index (χ0n) is 12.8. The fourth-order valence-electron chi connectivity index (χ4n) is 2.02. The van der Waals surface area contributed by atoms with Crippen LogP contribution in [0.2, 0.25) is 0 Å². The predicted octanol–water partition coefficient (Wildman–Crippen LogP) is 0.687. The third-order valence-corrected chi connectivity index (χ3v) is 6.23. The van der Waals surface area contributed by atoms with Crippen LogP contribution in [-0.2, 0) is 16.6 Å². The summed E-state index contributed by atoms with van der Waals surface area (Å²) in [7, 11) is -1.41. The van der Waals surface area contributed by atoms with Gasteiger partial charge in [0.15, 0.2) is 0 Å². The quantitative estimate of drug-likeness (QED) is 0.802. The molecule has 0 aromatic carbocycles. The molecule has 0 atom stereocenters. The van der Waals surface area contributed by atoms with Gasteiger partial charge in [-0.15, -0.1) is 16.2 Å². The monoisotopic (exact) mass is 332 g/mol. The van der Waals surface area contributed by atoms with Crippen molar-refractivity contribution in [2.24, 2.45) is 0 Å². The Morgan fingerprint density at radius 3 is 2.57 bits per heavy atom. The molecule has 0 radical (unpaired) electrons. The number of hydrazine groups is 1. The summed E-state index contributed by atoms with van der Waals surface area (Å²) in [6.07, 6.45) is 0. The maximum atomic E-state index is 12.4. The van der Waals surface area contributed by atoms with Gasteiger partial charge in [-0.2, -0.15) is 0 Å². The van der Waals surface area contributed by atoms with Crippen LogP contribution in [-0.4, -0.2) is 57.6 Å². The maximum Gasteiger partial charge on any atom is 0.262 e.